The first-order valence-corrected chi connectivity index (χ1v) is 6.89. The molecule has 0 atom stereocenters. The number of hydrogen-bond acceptors (Lipinski definition) is 4. The number of alkyl halides is 1. The molecule has 1 rings (SSSR count). The van der Waals surface area contributed by atoms with Gasteiger partial charge in [-0.25, -0.2) is 4.79 Å². The molecule has 0 amide bonds. The molecule has 1 aromatic carbocycles. The minimum absolute atomic E-state index is 0.316. The Morgan fingerprint density at radius 2 is 2.17 bits per heavy atom. The van der Waals surface area contributed by atoms with Crippen LogP contribution in [0, 0.1) is 0 Å². The standard InChI is InChI=1S/C12H15BrClNO3/c1-17-11-7-10(15-5-3-4-13)9(14)6-8(11)12(16)18-2/h6-7,15H,3-5H2,1-2H3. The molecule has 18 heavy (non-hydrogen) atoms. The molecule has 0 unspecified atom stereocenters. The summed E-state index contributed by atoms with van der Waals surface area (Å²) in [4.78, 5) is 11.5. The Labute approximate surface area is 120 Å². The number of benzene rings is 1. The van der Waals surface area contributed by atoms with E-state index in [9.17, 15) is 4.79 Å². The summed E-state index contributed by atoms with van der Waals surface area (Å²) >= 11 is 9.45. The minimum atomic E-state index is -0.472. The van der Waals surface area contributed by atoms with Crippen LogP contribution in [0.3, 0.4) is 0 Å². The highest BCUT2D eigenvalue weighted by Crippen LogP contribution is 2.31. The van der Waals surface area contributed by atoms with Crippen LogP contribution in [-0.4, -0.2) is 32.1 Å². The lowest BCUT2D eigenvalue weighted by atomic mass is 10.1. The summed E-state index contributed by atoms with van der Waals surface area (Å²) in [6.07, 6.45) is 0.970. The first-order valence-electron chi connectivity index (χ1n) is 5.39. The highest BCUT2D eigenvalue weighted by molar-refractivity contribution is 9.09. The lowest BCUT2D eigenvalue weighted by Gasteiger charge is -2.12. The summed E-state index contributed by atoms with van der Waals surface area (Å²) in [6.45, 7) is 0.783. The van der Waals surface area contributed by atoms with E-state index in [1.54, 1.807) is 12.1 Å². The molecule has 4 nitrogen and oxygen atoms in total. The Bertz CT molecular complexity index is 426. The van der Waals surface area contributed by atoms with Gasteiger partial charge in [0.05, 0.1) is 24.9 Å². The Morgan fingerprint density at radius 3 is 2.72 bits per heavy atom. The molecule has 0 saturated heterocycles. The number of anilines is 1. The number of ether oxygens (including phenoxy) is 2. The third kappa shape index (κ3) is 3.78. The second-order valence-corrected chi connectivity index (χ2v) is 4.69. The van der Waals surface area contributed by atoms with Gasteiger partial charge in [-0.2, -0.15) is 0 Å². The minimum Gasteiger partial charge on any atom is -0.496 e. The first kappa shape index (κ1) is 15.1. The molecule has 0 spiro atoms. The zero-order valence-corrected chi connectivity index (χ0v) is 12.6. The zero-order valence-electron chi connectivity index (χ0n) is 10.3. The van der Waals surface area contributed by atoms with Gasteiger partial charge in [-0.3, -0.25) is 0 Å². The van der Waals surface area contributed by atoms with E-state index in [0.29, 0.717) is 16.3 Å². The van der Waals surface area contributed by atoms with Crippen molar-refractivity contribution >= 4 is 39.2 Å². The van der Waals surface area contributed by atoms with Crippen LogP contribution in [0.4, 0.5) is 5.69 Å². The topological polar surface area (TPSA) is 47.6 Å². The summed E-state index contributed by atoms with van der Waals surface area (Å²) in [6, 6.07) is 3.24. The van der Waals surface area contributed by atoms with Gasteiger partial charge in [0.1, 0.15) is 11.3 Å². The molecular weight excluding hydrogens is 321 g/mol. The molecule has 1 aromatic rings. The van der Waals surface area contributed by atoms with Crippen molar-refractivity contribution in [1.29, 1.82) is 0 Å². The fraction of sp³-hybridized carbons (Fsp3) is 0.417. The zero-order chi connectivity index (χ0) is 13.5. The van der Waals surface area contributed by atoms with Crippen molar-refractivity contribution < 1.29 is 14.3 Å². The van der Waals surface area contributed by atoms with E-state index in [4.69, 9.17) is 16.3 Å². The third-order valence-corrected chi connectivity index (χ3v) is 3.19. The fourth-order valence-corrected chi connectivity index (χ4v) is 1.93. The number of carbonyl (C=O) groups excluding carboxylic acids is 1. The van der Waals surface area contributed by atoms with Crippen LogP contribution in [0.5, 0.6) is 5.75 Å². The van der Waals surface area contributed by atoms with E-state index in [1.165, 1.54) is 14.2 Å². The Kier molecular flexibility index (Phi) is 6.29. The lowest BCUT2D eigenvalue weighted by molar-refractivity contribution is 0.0597. The maximum absolute atomic E-state index is 11.5. The number of nitrogens with one attached hydrogen (secondary N) is 1. The van der Waals surface area contributed by atoms with E-state index in [0.717, 1.165) is 24.0 Å². The van der Waals surface area contributed by atoms with Crippen molar-refractivity contribution in [3.63, 3.8) is 0 Å². The van der Waals surface area contributed by atoms with E-state index in [-0.39, 0.29) is 0 Å². The molecule has 0 bridgehead atoms. The fourth-order valence-electron chi connectivity index (χ4n) is 1.42. The highest BCUT2D eigenvalue weighted by Gasteiger charge is 2.16. The predicted octanol–water partition coefficient (Wildman–Crippen LogP) is 3.33. The summed E-state index contributed by atoms with van der Waals surface area (Å²) in [5, 5.41) is 4.55. The maximum Gasteiger partial charge on any atom is 0.341 e. The van der Waals surface area contributed by atoms with Gasteiger partial charge < -0.3 is 14.8 Å². The molecule has 100 valence electrons. The molecule has 0 aliphatic carbocycles. The number of esters is 1. The Balaban J connectivity index is 2.98. The van der Waals surface area contributed by atoms with E-state index in [2.05, 4.69) is 26.0 Å². The van der Waals surface area contributed by atoms with Crippen LogP contribution in [0.15, 0.2) is 12.1 Å². The molecule has 0 fully saturated rings. The van der Waals surface area contributed by atoms with Crippen molar-refractivity contribution in [2.45, 2.75) is 6.42 Å². The van der Waals surface area contributed by atoms with Crippen molar-refractivity contribution in [2.24, 2.45) is 0 Å². The lowest BCUT2D eigenvalue weighted by Crippen LogP contribution is -2.07. The summed E-state index contributed by atoms with van der Waals surface area (Å²) < 4.78 is 9.83. The average molecular weight is 337 g/mol. The number of rotatable bonds is 6. The van der Waals surface area contributed by atoms with Crippen LogP contribution in [0.1, 0.15) is 16.8 Å². The van der Waals surface area contributed by atoms with Gasteiger partial charge in [0.2, 0.25) is 0 Å². The quantitative estimate of drug-likeness (QED) is 0.492. The van der Waals surface area contributed by atoms with Gasteiger partial charge in [0.25, 0.3) is 0 Å². The van der Waals surface area contributed by atoms with Crippen LogP contribution >= 0.6 is 27.5 Å². The number of hydrogen-bond donors (Lipinski definition) is 1. The normalized spacial score (nSPS) is 10.0. The van der Waals surface area contributed by atoms with Crippen molar-refractivity contribution in [2.75, 3.05) is 31.4 Å². The van der Waals surface area contributed by atoms with Gasteiger partial charge in [-0.05, 0) is 12.5 Å². The summed E-state index contributed by atoms with van der Waals surface area (Å²) in [5.74, 6) is -0.0339. The molecule has 0 aliphatic rings. The second-order valence-electron chi connectivity index (χ2n) is 3.49. The van der Waals surface area contributed by atoms with Crippen molar-refractivity contribution in [3.05, 3.63) is 22.7 Å². The SMILES string of the molecule is COC(=O)c1cc(Cl)c(NCCCBr)cc1OC. The van der Waals surface area contributed by atoms with Gasteiger partial charge in [-0.1, -0.05) is 27.5 Å². The van der Waals surface area contributed by atoms with Crippen LogP contribution in [0.2, 0.25) is 5.02 Å². The molecular formula is C12H15BrClNO3. The average Bonchev–Trinajstić information content (AvgIpc) is 2.39. The third-order valence-electron chi connectivity index (χ3n) is 2.32. The number of methoxy groups -OCH3 is 2. The molecule has 0 aromatic heterocycles. The largest absolute Gasteiger partial charge is 0.496 e. The van der Waals surface area contributed by atoms with Gasteiger partial charge >= 0.3 is 5.97 Å². The summed E-state index contributed by atoms with van der Waals surface area (Å²) in [5.41, 5.74) is 1.05. The van der Waals surface area contributed by atoms with Gasteiger partial charge in [0.15, 0.2) is 0 Å². The smallest absolute Gasteiger partial charge is 0.341 e. The Morgan fingerprint density at radius 1 is 1.44 bits per heavy atom. The van der Waals surface area contributed by atoms with Gasteiger partial charge in [-0.15, -0.1) is 0 Å². The maximum atomic E-state index is 11.5. The monoisotopic (exact) mass is 335 g/mol. The van der Waals surface area contributed by atoms with Crippen LogP contribution in [-0.2, 0) is 4.74 Å². The molecule has 0 radical (unpaired) electrons. The predicted molar refractivity (Wildman–Crippen MR) is 76.2 cm³/mol. The Hall–Kier alpha value is -0.940. The molecule has 0 aliphatic heterocycles. The van der Waals surface area contributed by atoms with Crippen molar-refractivity contribution in [3.8, 4) is 5.75 Å². The molecule has 6 heteroatoms. The van der Waals surface area contributed by atoms with E-state index >= 15 is 0 Å². The molecule has 0 heterocycles. The van der Waals surface area contributed by atoms with Crippen LogP contribution in [0.25, 0.3) is 0 Å². The first-order chi connectivity index (χ1) is 8.63. The van der Waals surface area contributed by atoms with Gasteiger partial charge in [0, 0.05) is 17.9 Å². The van der Waals surface area contributed by atoms with Crippen molar-refractivity contribution in [1.82, 2.24) is 0 Å². The number of carbonyl (C=O) groups is 1. The molecule has 1 N–H and O–H groups in total. The van der Waals surface area contributed by atoms with Crippen LogP contribution < -0.4 is 10.1 Å². The second kappa shape index (κ2) is 7.48. The summed E-state index contributed by atoms with van der Waals surface area (Å²) in [7, 11) is 2.82. The van der Waals surface area contributed by atoms with E-state index < -0.39 is 5.97 Å². The highest BCUT2D eigenvalue weighted by atomic mass is 79.9. The number of halogens is 2. The molecule has 0 saturated carbocycles. The van der Waals surface area contributed by atoms with E-state index in [1.807, 2.05) is 0 Å².